The van der Waals surface area contributed by atoms with Crippen LogP contribution in [0.5, 0.6) is 0 Å². The van der Waals surface area contributed by atoms with E-state index in [1.54, 1.807) is 12.1 Å². The third-order valence-corrected chi connectivity index (χ3v) is 6.76. The van der Waals surface area contributed by atoms with Crippen molar-refractivity contribution in [3.05, 3.63) is 94.2 Å². The van der Waals surface area contributed by atoms with Crippen LogP contribution in [0.4, 0.5) is 4.39 Å². The summed E-state index contributed by atoms with van der Waals surface area (Å²) in [7, 11) is 0. The summed E-state index contributed by atoms with van der Waals surface area (Å²) in [4.78, 5) is 12.4. The Labute approximate surface area is 222 Å². The Bertz CT molecular complexity index is 1380. The lowest BCUT2D eigenvalue weighted by molar-refractivity contribution is -0.118. The highest BCUT2D eigenvalue weighted by atomic mass is 79.9. The highest BCUT2D eigenvalue weighted by Gasteiger charge is 2.19. The van der Waals surface area contributed by atoms with E-state index in [1.807, 2.05) is 47.0 Å². The van der Waals surface area contributed by atoms with E-state index in [0.29, 0.717) is 11.0 Å². The number of amides is 1. The zero-order valence-corrected chi connectivity index (χ0v) is 22.5. The van der Waals surface area contributed by atoms with Crippen molar-refractivity contribution in [2.45, 2.75) is 31.3 Å². The van der Waals surface area contributed by atoms with E-state index in [2.05, 4.69) is 69.6 Å². The second-order valence-corrected chi connectivity index (χ2v) is 10.9. The van der Waals surface area contributed by atoms with Crippen molar-refractivity contribution in [1.82, 2.24) is 20.2 Å². The standard InChI is InChI=1S/C27H25BrFN5OS/c1-27(2,3)20-11-9-18(10-12-20)25-32-33-26(34(25)22-7-5-4-6-8-22)36-17-24(35)31-30-16-19-15-21(28)13-14-23(19)29/h4-16H,17H2,1-3H3,(H,31,35)/b30-16+. The van der Waals surface area contributed by atoms with Crippen LogP contribution in [0, 0.1) is 5.82 Å². The summed E-state index contributed by atoms with van der Waals surface area (Å²) >= 11 is 4.54. The normalized spacial score (nSPS) is 11.7. The summed E-state index contributed by atoms with van der Waals surface area (Å²) < 4.78 is 16.5. The number of nitrogens with one attached hydrogen (secondary N) is 1. The Kier molecular flexibility index (Phi) is 8.01. The van der Waals surface area contributed by atoms with Crippen LogP contribution in [0.3, 0.4) is 0 Å². The molecular weight excluding hydrogens is 541 g/mol. The second-order valence-electron chi connectivity index (χ2n) is 9.05. The van der Waals surface area contributed by atoms with Gasteiger partial charge in [0.25, 0.3) is 5.91 Å². The highest BCUT2D eigenvalue weighted by Crippen LogP contribution is 2.30. The molecule has 0 unspecified atom stereocenters. The molecule has 4 aromatic rings. The molecule has 0 aliphatic heterocycles. The van der Waals surface area contributed by atoms with Gasteiger partial charge in [-0.25, -0.2) is 9.82 Å². The molecule has 0 bridgehead atoms. The number of hydrogen-bond donors (Lipinski definition) is 1. The Hall–Kier alpha value is -3.30. The minimum Gasteiger partial charge on any atom is -0.272 e. The molecule has 1 N–H and O–H groups in total. The van der Waals surface area contributed by atoms with Crippen molar-refractivity contribution in [1.29, 1.82) is 0 Å². The van der Waals surface area contributed by atoms with Gasteiger partial charge in [0, 0.05) is 21.3 Å². The number of hydrogen-bond acceptors (Lipinski definition) is 5. The Morgan fingerprint density at radius 1 is 1.08 bits per heavy atom. The fourth-order valence-corrected chi connectivity index (χ4v) is 4.55. The molecule has 0 aliphatic rings. The van der Waals surface area contributed by atoms with Crippen molar-refractivity contribution in [2.24, 2.45) is 5.10 Å². The van der Waals surface area contributed by atoms with Gasteiger partial charge < -0.3 is 0 Å². The average molecular weight is 567 g/mol. The summed E-state index contributed by atoms with van der Waals surface area (Å²) in [5, 5.41) is 13.3. The lowest BCUT2D eigenvalue weighted by Gasteiger charge is -2.19. The molecular formula is C27H25BrFN5OS. The summed E-state index contributed by atoms with van der Waals surface area (Å²) in [6.07, 6.45) is 1.27. The van der Waals surface area contributed by atoms with E-state index in [0.717, 1.165) is 15.7 Å². The number of nitrogens with zero attached hydrogens (tertiary/aromatic N) is 4. The Morgan fingerprint density at radius 3 is 2.50 bits per heavy atom. The quantitative estimate of drug-likeness (QED) is 0.160. The van der Waals surface area contributed by atoms with Crippen LogP contribution < -0.4 is 5.43 Å². The first kappa shape index (κ1) is 25.8. The molecule has 1 aromatic heterocycles. The number of benzene rings is 3. The number of rotatable bonds is 7. The Balaban J connectivity index is 1.52. The molecule has 0 fully saturated rings. The van der Waals surface area contributed by atoms with Gasteiger partial charge in [-0.3, -0.25) is 9.36 Å². The predicted octanol–water partition coefficient (Wildman–Crippen LogP) is 6.38. The molecule has 1 heterocycles. The van der Waals surface area contributed by atoms with Crippen LogP contribution in [-0.4, -0.2) is 32.6 Å². The van der Waals surface area contributed by atoms with Gasteiger partial charge in [-0.1, -0.05) is 90.9 Å². The van der Waals surface area contributed by atoms with Gasteiger partial charge >= 0.3 is 0 Å². The fourth-order valence-electron chi connectivity index (χ4n) is 3.43. The Morgan fingerprint density at radius 2 is 1.81 bits per heavy atom. The molecule has 1 amide bonds. The fraction of sp³-hybridized carbons (Fsp3) is 0.185. The van der Waals surface area contributed by atoms with Crippen LogP contribution in [0.15, 0.2) is 87.5 Å². The highest BCUT2D eigenvalue weighted by molar-refractivity contribution is 9.10. The lowest BCUT2D eigenvalue weighted by atomic mass is 9.87. The number of carbonyl (C=O) groups is 1. The van der Waals surface area contributed by atoms with Gasteiger partial charge in [0.05, 0.1) is 12.0 Å². The van der Waals surface area contributed by atoms with E-state index in [4.69, 9.17) is 0 Å². The maximum Gasteiger partial charge on any atom is 0.250 e. The average Bonchev–Trinajstić information content (AvgIpc) is 3.29. The number of aromatic nitrogens is 3. The van der Waals surface area contributed by atoms with Crippen LogP contribution in [-0.2, 0) is 10.2 Å². The maximum atomic E-state index is 13.8. The smallest absolute Gasteiger partial charge is 0.250 e. The van der Waals surface area contributed by atoms with Crippen LogP contribution in [0.25, 0.3) is 17.1 Å². The monoisotopic (exact) mass is 565 g/mol. The third kappa shape index (κ3) is 6.27. The first-order valence-electron chi connectivity index (χ1n) is 11.2. The zero-order valence-electron chi connectivity index (χ0n) is 20.1. The molecule has 36 heavy (non-hydrogen) atoms. The number of carbonyl (C=O) groups excluding carboxylic acids is 1. The summed E-state index contributed by atoms with van der Waals surface area (Å²) in [6.45, 7) is 6.52. The molecule has 4 rings (SSSR count). The number of thioether (sulfide) groups is 1. The third-order valence-electron chi connectivity index (χ3n) is 5.34. The van der Waals surface area contributed by atoms with E-state index >= 15 is 0 Å². The molecule has 0 saturated heterocycles. The van der Waals surface area contributed by atoms with Gasteiger partial charge in [0.15, 0.2) is 11.0 Å². The van der Waals surface area contributed by atoms with E-state index < -0.39 is 5.82 Å². The number of para-hydroxylation sites is 1. The van der Waals surface area contributed by atoms with Gasteiger partial charge in [-0.05, 0) is 41.3 Å². The lowest BCUT2D eigenvalue weighted by Crippen LogP contribution is -2.20. The van der Waals surface area contributed by atoms with Gasteiger partial charge in [0.2, 0.25) is 0 Å². The van der Waals surface area contributed by atoms with Crippen molar-refractivity contribution in [3.8, 4) is 17.1 Å². The van der Waals surface area contributed by atoms with E-state index in [1.165, 1.54) is 29.6 Å². The molecule has 0 atom stereocenters. The minimum atomic E-state index is -0.426. The predicted molar refractivity (Wildman–Crippen MR) is 146 cm³/mol. The number of hydrazone groups is 1. The molecule has 184 valence electrons. The molecule has 0 spiro atoms. The van der Waals surface area contributed by atoms with Crippen molar-refractivity contribution in [3.63, 3.8) is 0 Å². The molecule has 9 heteroatoms. The largest absolute Gasteiger partial charge is 0.272 e. The van der Waals surface area contributed by atoms with Crippen molar-refractivity contribution in [2.75, 3.05) is 5.75 Å². The van der Waals surface area contributed by atoms with Crippen molar-refractivity contribution < 1.29 is 9.18 Å². The van der Waals surface area contributed by atoms with Crippen LogP contribution in [0.1, 0.15) is 31.9 Å². The molecule has 0 aliphatic carbocycles. The van der Waals surface area contributed by atoms with Crippen LogP contribution in [0.2, 0.25) is 0 Å². The van der Waals surface area contributed by atoms with Gasteiger partial charge in [-0.15, -0.1) is 10.2 Å². The SMILES string of the molecule is CC(C)(C)c1ccc(-c2nnc(SCC(=O)N/N=C/c3cc(Br)ccc3F)n2-c2ccccc2)cc1. The maximum absolute atomic E-state index is 13.8. The summed E-state index contributed by atoms with van der Waals surface area (Å²) in [5.41, 5.74) is 5.80. The molecule has 6 nitrogen and oxygen atoms in total. The van der Waals surface area contributed by atoms with Crippen molar-refractivity contribution >= 4 is 39.8 Å². The molecule has 3 aromatic carbocycles. The second kappa shape index (κ2) is 11.2. The first-order chi connectivity index (χ1) is 17.2. The van der Waals surface area contributed by atoms with Gasteiger partial charge in [0.1, 0.15) is 5.82 Å². The van der Waals surface area contributed by atoms with Gasteiger partial charge in [-0.2, -0.15) is 5.10 Å². The number of halogens is 2. The zero-order chi connectivity index (χ0) is 25.7. The van der Waals surface area contributed by atoms with E-state index in [-0.39, 0.29) is 22.6 Å². The first-order valence-corrected chi connectivity index (χ1v) is 13.0. The molecule has 0 radical (unpaired) electrons. The van der Waals surface area contributed by atoms with E-state index in [9.17, 15) is 9.18 Å². The topological polar surface area (TPSA) is 72.2 Å². The van der Waals surface area contributed by atoms with Crippen LogP contribution >= 0.6 is 27.7 Å². The summed E-state index contributed by atoms with van der Waals surface area (Å²) in [6, 6.07) is 22.6. The molecule has 0 saturated carbocycles. The summed E-state index contributed by atoms with van der Waals surface area (Å²) in [5.74, 6) is -0.0191. The minimum absolute atomic E-state index is 0.0469.